The predicted octanol–water partition coefficient (Wildman–Crippen LogP) is 3.06. The zero-order valence-electron chi connectivity index (χ0n) is 12.0. The Hall–Kier alpha value is -1.13. The fourth-order valence-corrected chi connectivity index (χ4v) is 3.31. The van der Waals surface area contributed by atoms with Gasteiger partial charge in [-0.05, 0) is 49.8 Å². The molecule has 20 heavy (non-hydrogen) atoms. The summed E-state index contributed by atoms with van der Waals surface area (Å²) in [5.41, 5.74) is 6.96. The molecule has 1 spiro atoms. The third-order valence-corrected chi connectivity index (χ3v) is 4.40. The summed E-state index contributed by atoms with van der Waals surface area (Å²) in [6, 6.07) is 3.99. The van der Waals surface area contributed by atoms with Gasteiger partial charge in [0.1, 0.15) is 5.82 Å². The molecule has 1 aromatic heterocycles. The van der Waals surface area contributed by atoms with Gasteiger partial charge in [0, 0.05) is 19.0 Å². The Morgan fingerprint density at radius 1 is 1.30 bits per heavy atom. The second kappa shape index (κ2) is 6.10. The van der Waals surface area contributed by atoms with Crippen LogP contribution in [0.5, 0.6) is 0 Å². The molecule has 110 valence electrons. The Balaban J connectivity index is 1.55. The third kappa shape index (κ3) is 3.30. The standard InChI is InChI=1S/C16H24N2O2/c17-15-12-13(6-10-18-15)4-5-14-7-11-19-16(20-14)8-2-1-3-9-16/h6,10,12,14H,1-5,7-9,11H2,(H2,17,18)/t14-/m0/s1. The lowest BCUT2D eigenvalue weighted by atomic mass is 9.92. The van der Waals surface area contributed by atoms with Gasteiger partial charge in [-0.1, -0.05) is 6.42 Å². The van der Waals surface area contributed by atoms with Gasteiger partial charge in [0.05, 0.1) is 12.7 Å². The summed E-state index contributed by atoms with van der Waals surface area (Å²) < 4.78 is 12.3. The van der Waals surface area contributed by atoms with E-state index in [0.717, 1.165) is 38.7 Å². The molecule has 0 bridgehead atoms. The average Bonchev–Trinajstić information content (AvgIpc) is 2.46. The van der Waals surface area contributed by atoms with Gasteiger partial charge in [-0.25, -0.2) is 4.98 Å². The zero-order valence-corrected chi connectivity index (χ0v) is 12.0. The average molecular weight is 276 g/mol. The van der Waals surface area contributed by atoms with Crippen LogP contribution in [-0.2, 0) is 15.9 Å². The van der Waals surface area contributed by atoms with E-state index >= 15 is 0 Å². The molecular weight excluding hydrogens is 252 g/mol. The molecule has 1 saturated heterocycles. The molecule has 2 N–H and O–H groups in total. The monoisotopic (exact) mass is 276 g/mol. The lowest BCUT2D eigenvalue weighted by molar-refractivity contribution is -0.305. The van der Waals surface area contributed by atoms with Gasteiger partial charge in [0.25, 0.3) is 0 Å². The molecule has 1 saturated carbocycles. The Morgan fingerprint density at radius 2 is 2.15 bits per heavy atom. The highest BCUT2D eigenvalue weighted by atomic mass is 16.7. The number of hydrogen-bond acceptors (Lipinski definition) is 4. The maximum Gasteiger partial charge on any atom is 0.168 e. The topological polar surface area (TPSA) is 57.4 Å². The Bertz CT molecular complexity index is 438. The van der Waals surface area contributed by atoms with E-state index in [1.165, 1.54) is 24.8 Å². The summed E-state index contributed by atoms with van der Waals surface area (Å²) in [6.45, 7) is 0.836. The fraction of sp³-hybridized carbons (Fsp3) is 0.688. The van der Waals surface area contributed by atoms with Gasteiger partial charge < -0.3 is 15.2 Å². The van der Waals surface area contributed by atoms with Gasteiger partial charge in [-0.2, -0.15) is 0 Å². The third-order valence-electron chi connectivity index (χ3n) is 4.40. The van der Waals surface area contributed by atoms with Crippen LogP contribution in [0.3, 0.4) is 0 Å². The molecular formula is C16H24N2O2. The van der Waals surface area contributed by atoms with E-state index in [2.05, 4.69) is 4.98 Å². The molecule has 1 aliphatic heterocycles. The largest absolute Gasteiger partial charge is 0.384 e. The molecule has 4 heteroatoms. The van der Waals surface area contributed by atoms with Gasteiger partial charge in [-0.3, -0.25) is 0 Å². The van der Waals surface area contributed by atoms with Crippen LogP contribution in [0.1, 0.15) is 50.5 Å². The first kappa shape index (κ1) is 13.8. The minimum absolute atomic E-state index is 0.265. The molecule has 2 heterocycles. The van der Waals surface area contributed by atoms with E-state index in [0.29, 0.717) is 11.9 Å². The molecule has 1 aliphatic carbocycles. The molecule has 1 atom stereocenters. The van der Waals surface area contributed by atoms with E-state index in [-0.39, 0.29) is 5.79 Å². The quantitative estimate of drug-likeness (QED) is 0.921. The smallest absolute Gasteiger partial charge is 0.168 e. The Kier molecular flexibility index (Phi) is 4.22. The molecule has 2 aliphatic rings. The van der Waals surface area contributed by atoms with Crippen LogP contribution in [-0.4, -0.2) is 23.5 Å². The number of nitrogen functional groups attached to an aromatic ring is 1. The minimum atomic E-state index is -0.265. The molecule has 0 aromatic carbocycles. The number of rotatable bonds is 3. The van der Waals surface area contributed by atoms with E-state index < -0.39 is 0 Å². The summed E-state index contributed by atoms with van der Waals surface area (Å²) in [6.07, 6.45) is 11.0. The van der Waals surface area contributed by atoms with Crippen LogP contribution in [0, 0.1) is 0 Å². The lowest BCUT2D eigenvalue weighted by Crippen LogP contribution is -2.46. The second-order valence-electron chi connectivity index (χ2n) is 5.98. The van der Waals surface area contributed by atoms with Crippen molar-refractivity contribution >= 4 is 5.82 Å². The Labute approximate surface area is 120 Å². The maximum absolute atomic E-state index is 6.30. The van der Waals surface area contributed by atoms with Crippen molar-refractivity contribution in [3.8, 4) is 0 Å². The normalized spacial score (nSPS) is 25.7. The van der Waals surface area contributed by atoms with Crippen molar-refractivity contribution in [1.29, 1.82) is 0 Å². The van der Waals surface area contributed by atoms with Crippen LogP contribution in [0.25, 0.3) is 0 Å². The van der Waals surface area contributed by atoms with E-state index in [9.17, 15) is 0 Å². The van der Waals surface area contributed by atoms with Crippen molar-refractivity contribution in [3.05, 3.63) is 23.9 Å². The first-order valence-corrected chi connectivity index (χ1v) is 7.78. The van der Waals surface area contributed by atoms with E-state index in [1.807, 2.05) is 12.1 Å². The van der Waals surface area contributed by atoms with Gasteiger partial charge in [-0.15, -0.1) is 0 Å². The number of aryl methyl sites for hydroxylation is 1. The van der Waals surface area contributed by atoms with E-state index in [4.69, 9.17) is 15.2 Å². The van der Waals surface area contributed by atoms with Gasteiger partial charge in [0.15, 0.2) is 5.79 Å². The van der Waals surface area contributed by atoms with Crippen LogP contribution in [0.2, 0.25) is 0 Å². The predicted molar refractivity (Wildman–Crippen MR) is 78.2 cm³/mol. The fourth-order valence-electron chi connectivity index (χ4n) is 3.31. The van der Waals surface area contributed by atoms with Crippen molar-refractivity contribution in [3.63, 3.8) is 0 Å². The van der Waals surface area contributed by atoms with Crippen LogP contribution in [0.15, 0.2) is 18.3 Å². The van der Waals surface area contributed by atoms with Crippen molar-refractivity contribution in [2.75, 3.05) is 12.3 Å². The number of anilines is 1. The summed E-state index contributed by atoms with van der Waals surface area (Å²) >= 11 is 0. The molecule has 0 unspecified atom stereocenters. The number of hydrogen-bond donors (Lipinski definition) is 1. The number of ether oxygens (including phenoxy) is 2. The number of pyridine rings is 1. The SMILES string of the molecule is Nc1cc(CC[C@H]2CCOC3(CCCCC3)O2)ccn1. The first-order valence-electron chi connectivity index (χ1n) is 7.78. The van der Waals surface area contributed by atoms with Crippen LogP contribution < -0.4 is 5.73 Å². The van der Waals surface area contributed by atoms with Crippen LogP contribution in [0.4, 0.5) is 5.82 Å². The minimum Gasteiger partial charge on any atom is -0.384 e. The first-order chi connectivity index (χ1) is 9.76. The Morgan fingerprint density at radius 3 is 2.95 bits per heavy atom. The zero-order chi connectivity index (χ0) is 13.8. The lowest BCUT2D eigenvalue weighted by Gasteiger charge is -2.43. The number of aromatic nitrogens is 1. The number of nitrogens with zero attached hydrogens (tertiary/aromatic N) is 1. The summed E-state index contributed by atoms with van der Waals surface area (Å²) in [5, 5.41) is 0. The second-order valence-corrected chi connectivity index (χ2v) is 5.98. The molecule has 0 amide bonds. The van der Waals surface area contributed by atoms with Crippen molar-refractivity contribution in [2.24, 2.45) is 0 Å². The highest BCUT2D eigenvalue weighted by Crippen LogP contribution is 2.37. The van der Waals surface area contributed by atoms with Gasteiger partial charge >= 0.3 is 0 Å². The highest BCUT2D eigenvalue weighted by Gasteiger charge is 2.39. The summed E-state index contributed by atoms with van der Waals surface area (Å²) in [4.78, 5) is 4.03. The molecule has 0 radical (unpaired) electrons. The molecule has 4 nitrogen and oxygen atoms in total. The van der Waals surface area contributed by atoms with Crippen molar-refractivity contribution in [2.45, 2.75) is 63.3 Å². The van der Waals surface area contributed by atoms with Crippen LogP contribution >= 0.6 is 0 Å². The number of nitrogens with two attached hydrogens (primary N) is 1. The molecule has 1 aromatic rings. The molecule has 3 rings (SSSR count). The maximum atomic E-state index is 6.30. The van der Waals surface area contributed by atoms with Crippen molar-refractivity contribution in [1.82, 2.24) is 4.98 Å². The highest BCUT2D eigenvalue weighted by molar-refractivity contribution is 5.31. The van der Waals surface area contributed by atoms with Gasteiger partial charge in [0.2, 0.25) is 0 Å². The molecule has 2 fully saturated rings. The summed E-state index contributed by atoms with van der Waals surface area (Å²) in [7, 11) is 0. The van der Waals surface area contributed by atoms with E-state index in [1.54, 1.807) is 6.20 Å². The summed E-state index contributed by atoms with van der Waals surface area (Å²) in [5.74, 6) is 0.331. The van der Waals surface area contributed by atoms with Crippen molar-refractivity contribution < 1.29 is 9.47 Å².